The van der Waals surface area contributed by atoms with Gasteiger partial charge in [0.1, 0.15) is 5.82 Å². The molecule has 0 saturated heterocycles. The van der Waals surface area contributed by atoms with E-state index in [1.54, 1.807) is 23.8 Å². The van der Waals surface area contributed by atoms with Crippen molar-refractivity contribution in [2.24, 2.45) is 0 Å². The zero-order valence-electron chi connectivity index (χ0n) is 8.53. The summed E-state index contributed by atoms with van der Waals surface area (Å²) >= 11 is 5.03. The first-order valence-electron chi connectivity index (χ1n) is 4.66. The van der Waals surface area contributed by atoms with E-state index in [1.807, 2.05) is 0 Å². The number of aryl methyl sites for hydroxylation is 1. The molecule has 0 radical (unpaired) electrons. The van der Waals surface area contributed by atoms with Crippen LogP contribution in [0.1, 0.15) is 5.56 Å². The Hall–Kier alpha value is -1.75. The molecule has 82 valence electrons. The lowest BCUT2D eigenvalue weighted by molar-refractivity contribution is 0.626. The van der Waals surface area contributed by atoms with Crippen molar-refractivity contribution in [1.82, 2.24) is 9.55 Å². The lowest BCUT2D eigenvalue weighted by Gasteiger charge is -2.09. The molecule has 1 N–H and O–H groups in total. The number of benzene rings is 1. The molecule has 5 heteroatoms. The van der Waals surface area contributed by atoms with Gasteiger partial charge < -0.3 is 0 Å². The van der Waals surface area contributed by atoms with Crippen LogP contribution in [-0.4, -0.2) is 9.55 Å². The molecular formula is C11H9FN2OS. The smallest absolute Gasteiger partial charge is 0.251 e. The topological polar surface area (TPSA) is 37.8 Å². The van der Waals surface area contributed by atoms with Crippen LogP contribution in [0.2, 0.25) is 0 Å². The fraction of sp³-hybridized carbons (Fsp3) is 0.0909. The molecule has 0 unspecified atom stereocenters. The Balaban J connectivity index is 2.68. The van der Waals surface area contributed by atoms with Crippen LogP contribution in [0.4, 0.5) is 4.39 Å². The third-order valence-corrected chi connectivity index (χ3v) is 2.54. The van der Waals surface area contributed by atoms with Gasteiger partial charge in [-0.2, -0.15) is 0 Å². The SMILES string of the molecule is Cc1cc(F)ccc1-n1ccc(=O)[nH]c1=S. The average Bonchev–Trinajstić information content (AvgIpc) is 2.19. The molecule has 0 amide bonds. The van der Waals surface area contributed by atoms with Gasteiger partial charge in [-0.1, -0.05) is 0 Å². The maximum atomic E-state index is 12.9. The third-order valence-electron chi connectivity index (χ3n) is 2.24. The molecule has 2 rings (SSSR count). The van der Waals surface area contributed by atoms with E-state index in [4.69, 9.17) is 12.2 Å². The summed E-state index contributed by atoms with van der Waals surface area (Å²) in [7, 11) is 0. The van der Waals surface area contributed by atoms with Gasteiger partial charge in [0, 0.05) is 12.3 Å². The van der Waals surface area contributed by atoms with Gasteiger partial charge in [-0.05, 0) is 42.9 Å². The fourth-order valence-electron chi connectivity index (χ4n) is 1.50. The van der Waals surface area contributed by atoms with E-state index in [0.717, 1.165) is 11.3 Å². The standard InChI is InChI=1S/C11H9FN2OS/c1-7-6-8(12)2-3-9(7)14-5-4-10(15)13-11(14)16/h2-6H,1H3,(H,13,15,16). The number of hydrogen-bond acceptors (Lipinski definition) is 2. The number of nitrogens with one attached hydrogen (secondary N) is 1. The molecule has 16 heavy (non-hydrogen) atoms. The van der Waals surface area contributed by atoms with E-state index >= 15 is 0 Å². The van der Waals surface area contributed by atoms with Crippen LogP contribution in [0.25, 0.3) is 5.69 Å². The Labute approximate surface area is 96.2 Å². The van der Waals surface area contributed by atoms with Crippen molar-refractivity contribution in [3.8, 4) is 5.69 Å². The van der Waals surface area contributed by atoms with Gasteiger partial charge >= 0.3 is 0 Å². The van der Waals surface area contributed by atoms with Crippen LogP contribution < -0.4 is 5.56 Å². The van der Waals surface area contributed by atoms with E-state index in [-0.39, 0.29) is 11.4 Å². The Bertz CT molecular complexity index is 645. The lowest BCUT2D eigenvalue weighted by Crippen LogP contribution is -2.10. The molecule has 0 atom stereocenters. The highest BCUT2D eigenvalue weighted by Gasteiger charge is 2.02. The molecule has 1 aromatic heterocycles. The zero-order valence-corrected chi connectivity index (χ0v) is 9.34. The molecule has 0 spiro atoms. The second-order valence-electron chi connectivity index (χ2n) is 3.41. The molecule has 0 bridgehead atoms. The Kier molecular flexibility index (Phi) is 2.70. The number of aromatic amines is 1. The van der Waals surface area contributed by atoms with Crippen LogP contribution in [0, 0.1) is 17.5 Å². The van der Waals surface area contributed by atoms with Gasteiger partial charge in [0.2, 0.25) is 0 Å². The monoisotopic (exact) mass is 236 g/mol. The van der Waals surface area contributed by atoms with Crippen LogP contribution in [0.5, 0.6) is 0 Å². The molecule has 2 aromatic rings. The molecule has 0 saturated carbocycles. The molecule has 0 aliphatic heterocycles. The summed E-state index contributed by atoms with van der Waals surface area (Å²) in [5, 5.41) is 0. The van der Waals surface area contributed by atoms with Crippen molar-refractivity contribution in [2.45, 2.75) is 6.92 Å². The number of hydrogen-bond donors (Lipinski definition) is 1. The minimum Gasteiger partial charge on any atom is -0.299 e. The van der Waals surface area contributed by atoms with Crippen molar-refractivity contribution < 1.29 is 4.39 Å². The normalized spacial score (nSPS) is 10.4. The Morgan fingerprint density at radius 2 is 2.12 bits per heavy atom. The summed E-state index contributed by atoms with van der Waals surface area (Å²) in [5.74, 6) is -0.294. The molecule has 1 heterocycles. The summed E-state index contributed by atoms with van der Waals surface area (Å²) in [5.41, 5.74) is 1.26. The first-order valence-corrected chi connectivity index (χ1v) is 5.07. The predicted octanol–water partition coefficient (Wildman–Crippen LogP) is 2.34. The van der Waals surface area contributed by atoms with E-state index in [2.05, 4.69) is 4.98 Å². The first kappa shape index (κ1) is 10.8. The highest BCUT2D eigenvalue weighted by Crippen LogP contribution is 2.14. The van der Waals surface area contributed by atoms with Crippen LogP contribution in [0.3, 0.4) is 0 Å². The summed E-state index contributed by atoms with van der Waals surface area (Å²) in [6.07, 6.45) is 1.57. The van der Waals surface area contributed by atoms with Gasteiger partial charge in [-0.3, -0.25) is 14.3 Å². The molecule has 0 fully saturated rings. The maximum absolute atomic E-state index is 12.9. The molecule has 0 aliphatic rings. The van der Waals surface area contributed by atoms with E-state index in [9.17, 15) is 9.18 Å². The zero-order chi connectivity index (χ0) is 11.7. The van der Waals surface area contributed by atoms with Crippen LogP contribution >= 0.6 is 12.2 Å². The largest absolute Gasteiger partial charge is 0.299 e. The highest BCUT2D eigenvalue weighted by atomic mass is 32.1. The lowest BCUT2D eigenvalue weighted by atomic mass is 10.2. The van der Waals surface area contributed by atoms with Crippen molar-refractivity contribution in [3.05, 3.63) is 57.0 Å². The summed E-state index contributed by atoms with van der Waals surface area (Å²) in [4.78, 5) is 13.5. The second kappa shape index (κ2) is 4.02. The van der Waals surface area contributed by atoms with E-state index in [1.165, 1.54) is 18.2 Å². The van der Waals surface area contributed by atoms with Gasteiger partial charge in [-0.15, -0.1) is 0 Å². The summed E-state index contributed by atoms with van der Waals surface area (Å²) in [6, 6.07) is 5.77. The van der Waals surface area contributed by atoms with Crippen molar-refractivity contribution in [1.29, 1.82) is 0 Å². The molecule has 1 aromatic carbocycles. The number of rotatable bonds is 1. The minimum absolute atomic E-state index is 0.249. The Morgan fingerprint density at radius 1 is 1.38 bits per heavy atom. The molecule has 3 nitrogen and oxygen atoms in total. The number of nitrogens with zero attached hydrogens (tertiary/aromatic N) is 1. The van der Waals surface area contributed by atoms with Crippen molar-refractivity contribution >= 4 is 12.2 Å². The first-order chi connectivity index (χ1) is 7.58. The second-order valence-corrected chi connectivity index (χ2v) is 3.80. The molecular weight excluding hydrogens is 227 g/mol. The number of halogens is 1. The predicted molar refractivity (Wildman–Crippen MR) is 61.9 cm³/mol. The third kappa shape index (κ3) is 1.94. The van der Waals surface area contributed by atoms with Gasteiger partial charge in [0.15, 0.2) is 4.77 Å². The van der Waals surface area contributed by atoms with Crippen molar-refractivity contribution in [3.63, 3.8) is 0 Å². The fourth-order valence-corrected chi connectivity index (χ4v) is 1.76. The van der Waals surface area contributed by atoms with Gasteiger partial charge in [0.25, 0.3) is 5.56 Å². The van der Waals surface area contributed by atoms with Gasteiger partial charge in [-0.25, -0.2) is 4.39 Å². The number of H-pyrrole nitrogens is 1. The average molecular weight is 236 g/mol. The quantitative estimate of drug-likeness (QED) is 0.772. The maximum Gasteiger partial charge on any atom is 0.251 e. The summed E-state index contributed by atoms with van der Waals surface area (Å²) in [6.45, 7) is 1.78. The van der Waals surface area contributed by atoms with Gasteiger partial charge in [0.05, 0.1) is 5.69 Å². The number of aromatic nitrogens is 2. The van der Waals surface area contributed by atoms with Crippen LogP contribution in [-0.2, 0) is 0 Å². The highest BCUT2D eigenvalue weighted by molar-refractivity contribution is 7.71. The van der Waals surface area contributed by atoms with Crippen LogP contribution in [0.15, 0.2) is 35.3 Å². The molecule has 0 aliphatic carbocycles. The van der Waals surface area contributed by atoms with Crippen molar-refractivity contribution in [2.75, 3.05) is 0 Å². The van der Waals surface area contributed by atoms with E-state index in [0.29, 0.717) is 4.77 Å². The summed E-state index contributed by atoms with van der Waals surface area (Å²) < 4.78 is 14.9. The minimum atomic E-state index is -0.294. The van der Waals surface area contributed by atoms with E-state index < -0.39 is 0 Å². The Morgan fingerprint density at radius 3 is 2.75 bits per heavy atom.